The number of nitrogens with one attached hydrogen (secondary N) is 2. The molecule has 8 heteroatoms. The number of hydrogen-bond acceptors (Lipinski definition) is 6. The number of aromatic nitrogens is 4. The van der Waals surface area contributed by atoms with Gasteiger partial charge in [-0.15, -0.1) is 0 Å². The average Bonchev–Trinajstić information content (AvgIpc) is 3.25. The van der Waals surface area contributed by atoms with Crippen LogP contribution in [-0.2, 0) is 0 Å². The van der Waals surface area contributed by atoms with Crippen molar-refractivity contribution in [2.75, 3.05) is 18.4 Å². The zero-order valence-corrected chi connectivity index (χ0v) is 16.4. The number of rotatable bonds is 7. The van der Waals surface area contributed by atoms with E-state index in [1.54, 1.807) is 53.0 Å². The number of carbonyl (C=O) groups is 2. The van der Waals surface area contributed by atoms with Crippen molar-refractivity contribution in [3.8, 4) is 0 Å². The monoisotopic (exact) mass is 400 g/mol. The third-order valence-corrected chi connectivity index (χ3v) is 4.55. The highest BCUT2D eigenvalue weighted by Gasteiger charge is 2.17. The highest BCUT2D eigenvalue weighted by Crippen LogP contribution is 2.15. The van der Waals surface area contributed by atoms with E-state index in [-0.39, 0.29) is 11.7 Å². The molecule has 0 saturated heterocycles. The van der Waals surface area contributed by atoms with Gasteiger partial charge in [0, 0.05) is 36.0 Å². The van der Waals surface area contributed by atoms with Crippen molar-refractivity contribution in [3.63, 3.8) is 0 Å². The van der Waals surface area contributed by atoms with Gasteiger partial charge in [-0.1, -0.05) is 48.5 Å². The molecule has 2 N–H and O–H groups in total. The van der Waals surface area contributed by atoms with Crippen LogP contribution >= 0.6 is 0 Å². The summed E-state index contributed by atoms with van der Waals surface area (Å²) in [6.07, 6.45) is 1.44. The Morgan fingerprint density at radius 2 is 1.70 bits per heavy atom. The van der Waals surface area contributed by atoms with Crippen LogP contribution in [0.25, 0.3) is 5.78 Å². The molecule has 0 aliphatic carbocycles. The second-order valence-electron chi connectivity index (χ2n) is 6.68. The number of hydrogen-bond donors (Lipinski definition) is 2. The van der Waals surface area contributed by atoms with Crippen LogP contribution in [-0.4, -0.2) is 44.4 Å². The summed E-state index contributed by atoms with van der Waals surface area (Å²) < 4.78 is 1.60. The lowest BCUT2D eigenvalue weighted by Crippen LogP contribution is -2.30. The predicted molar refractivity (Wildman–Crippen MR) is 113 cm³/mol. The Balaban J connectivity index is 1.41. The van der Waals surface area contributed by atoms with Gasteiger partial charge in [-0.25, -0.2) is 4.98 Å². The summed E-state index contributed by atoms with van der Waals surface area (Å²) in [5.74, 6) is 0.771. The minimum absolute atomic E-state index is 0.180. The molecule has 30 heavy (non-hydrogen) atoms. The number of benzene rings is 2. The van der Waals surface area contributed by atoms with E-state index in [2.05, 4.69) is 25.7 Å². The first-order chi connectivity index (χ1) is 14.6. The first-order valence-electron chi connectivity index (χ1n) is 9.52. The first kappa shape index (κ1) is 19.3. The van der Waals surface area contributed by atoms with Crippen molar-refractivity contribution in [3.05, 3.63) is 89.4 Å². The quantitative estimate of drug-likeness (QED) is 0.365. The van der Waals surface area contributed by atoms with E-state index >= 15 is 0 Å². The molecule has 2 aromatic carbocycles. The number of fused-ring (bicyclic) bond motifs is 1. The van der Waals surface area contributed by atoms with Crippen molar-refractivity contribution in [2.24, 2.45) is 0 Å². The molecule has 4 rings (SSSR count). The van der Waals surface area contributed by atoms with E-state index in [0.717, 1.165) is 11.5 Å². The molecular weight excluding hydrogens is 380 g/mol. The van der Waals surface area contributed by atoms with Gasteiger partial charge in [0.25, 0.3) is 11.7 Å². The Labute approximate surface area is 173 Å². The minimum atomic E-state index is -0.298. The van der Waals surface area contributed by atoms with E-state index < -0.39 is 0 Å². The van der Waals surface area contributed by atoms with Crippen LogP contribution in [0.2, 0.25) is 0 Å². The molecule has 1 amide bonds. The summed E-state index contributed by atoms with van der Waals surface area (Å²) in [4.78, 5) is 33.9. The predicted octanol–water partition coefficient (Wildman–Crippen LogP) is 2.51. The lowest BCUT2D eigenvalue weighted by atomic mass is 9.98. The second-order valence-corrected chi connectivity index (χ2v) is 6.68. The molecule has 0 bridgehead atoms. The number of ketones is 1. The van der Waals surface area contributed by atoms with Crippen LogP contribution in [0.15, 0.2) is 67.0 Å². The smallest absolute Gasteiger partial charge is 0.254 e. The van der Waals surface area contributed by atoms with Crippen LogP contribution < -0.4 is 10.6 Å². The summed E-state index contributed by atoms with van der Waals surface area (Å²) in [5.41, 5.74) is 2.09. The highest BCUT2D eigenvalue weighted by molar-refractivity contribution is 6.15. The van der Waals surface area contributed by atoms with Gasteiger partial charge in [0.15, 0.2) is 5.78 Å². The molecular formula is C22H20N6O2. The van der Waals surface area contributed by atoms with Gasteiger partial charge in [-0.05, 0) is 13.0 Å². The lowest BCUT2D eigenvalue weighted by molar-refractivity contribution is 0.0943. The van der Waals surface area contributed by atoms with Gasteiger partial charge in [0.1, 0.15) is 12.1 Å². The molecule has 2 heterocycles. The Morgan fingerprint density at radius 1 is 0.967 bits per heavy atom. The Kier molecular flexibility index (Phi) is 5.47. The van der Waals surface area contributed by atoms with Crippen LogP contribution in [0, 0.1) is 6.92 Å². The average molecular weight is 400 g/mol. The number of amides is 1. The normalized spacial score (nSPS) is 10.7. The molecule has 0 unspecified atom stereocenters. The molecule has 0 fully saturated rings. The zero-order valence-electron chi connectivity index (χ0n) is 16.4. The molecule has 0 aliphatic rings. The third kappa shape index (κ3) is 4.02. The van der Waals surface area contributed by atoms with E-state index in [0.29, 0.717) is 35.6 Å². The minimum Gasteiger partial charge on any atom is -0.368 e. The summed E-state index contributed by atoms with van der Waals surface area (Å²) in [6, 6.07) is 17.6. The summed E-state index contributed by atoms with van der Waals surface area (Å²) in [7, 11) is 0. The first-order valence-corrected chi connectivity index (χ1v) is 9.52. The maximum absolute atomic E-state index is 12.8. The van der Waals surface area contributed by atoms with Gasteiger partial charge >= 0.3 is 0 Å². The van der Waals surface area contributed by atoms with Crippen molar-refractivity contribution in [1.82, 2.24) is 24.9 Å². The number of aryl methyl sites for hydroxylation is 1. The van der Waals surface area contributed by atoms with Crippen LogP contribution in [0.5, 0.6) is 0 Å². The molecule has 0 saturated carbocycles. The van der Waals surface area contributed by atoms with Crippen molar-refractivity contribution in [2.45, 2.75) is 6.92 Å². The molecule has 0 aliphatic heterocycles. The topological polar surface area (TPSA) is 101 Å². The molecule has 8 nitrogen and oxygen atoms in total. The lowest BCUT2D eigenvalue weighted by Gasteiger charge is -2.11. The molecule has 2 aromatic heterocycles. The SMILES string of the molecule is Cc1cc(NCCNC(=O)c2ccccc2C(=O)c2ccccc2)n2ncnc2n1. The van der Waals surface area contributed by atoms with Crippen molar-refractivity contribution < 1.29 is 9.59 Å². The van der Waals surface area contributed by atoms with Crippen LogP contribution in [0.4, 0.5) is 5.82 Å². The van der Waals surface area contributed by atoms with Gasteiger partial charge in [-0.3, -0.25) is 9.59 Å². The fourth-order valence-electron chi connectivity index (χ4n) is 3.14. The molecule has 0 spiro atoms. The summed E-state index contributed by atoms with van der Waals surface area (Å²) in [5, 5.41) is 10.2. The zero-order chi connectivity index (χ0) is 20.9. The number of carbonyl (C=O) groups excluding carboxylic acids is 2. The van der Waals surface area contributed by atoms with Crippen molar-refractivity contribution in [1.29, 1.82) is 0 Å². The fraction of sp³-hybridized carbons (Fsp3) is 0.136. The van der Waals surface area contributed by atoms with Gasteiger partial charge < -0.3 is 10.6 Å². The van der Waals surface area contributed by atoms with E-state index in [1.807, 2.05) is 19.1 Å². The second kappa shape index (κ2) is 8.52. The largest absolute Gasteiger partial charge is 0.368 e. The van der Waals surface area contributed by atoms with E-state index in [1.165, 1.54) is 6.33 Å². The van der Waals surface area contributed by atoms with Crippen LogP contribution in [0.1, 0.15) is 32.0 Å². The molecule has 0 radical (unpaired) electrons. The summed E-state index contributed by atoms with van der Waals surface area (Å²) in [6.45, 7) is 2.71. The van der Waals surface area contributed by atoms with Crippen molar-refractivity contribution >= 4 is 23.3 Å². The summed E-state index contributed by atoms with van der Waals surface area (Å²) >= 11 is 0. The van der Waals surface area contributed by atoms with Gasteiger partial charge in [-0.2, -0.15) is 14.6 Å². The van der Waals surface area contributed by atoms with Gasteiger partial charge in [0.2, 0.25) is 0 Å². The Bertz CT molecular complexity index is 1200. The molecule has 0 atom stereocenters. The standard InChI is InChI=1S/C22H20N6O2/c1-15-13-19(28-22(27-15)25-14-26-28)23-11-12-24-21(30)18-10-6-5-9-17(18)20(29)16-7-3-2-4-8-16/h2-10,13-14,23H,11-12H2,1H3,(H,24,30). The van der Waals surface area contributed by atoms with Crippen LogP contribution in [0.3, 0.4) is 0 Å². The Hall–Kier alpha value is -4.07. The van der Waals surface area contributed by atoms with E-state index in [4.69, 9.17) is 0 Å². The maximum Gasteiger partial charge on any atom is 0.254 e. The molecule has 4 aromatic rings. The van der Waals surface area contributed by atoms with E-state index in [9.17, 15) is 9.59 Å². The third-order valence-electron chi connectivity index (χ3n) is 4.55. The fourth-order valence-corrected chi connectivity index (χ4v) is 3.14. The highest BCUT2D eigenvalue weighted by atomic mass is 16.2. The van der Waals surface area contributed by atoms with Gasteiger partial charge in [0.05, 0.1) is 5.56 Å². The number of nitrogens with zero attached hydrogens (tertiary/aromatic N) is 4. The number of anilines is 1. The maximum atomic E-state index is 12.8. The molecule has 150 valence electrons. The Morgan fingerprint density at radius 3 is 2.50 bits per heavy atom.